The third-order valence-electron chi connectivity index (χ3n) is 3.92. The fraction of sp³-hybridized carbons (Fsp3) is 0.278. The van der Waals surface area contributed by atoms with Crippen LogP contribution in [0, 0.1) is 0 Å². The second kappa shape index (κ2) is 8.18. The minimum absolute atomic E-state index is 0.0372. The standard InChI is InChI=1S/C18H16BrF3N2O3/c19-15-11-12(1-6-16(15)27-18(20,21)22)17(25)23-13-2-4-14(5-3-13)24-7-9-26-10-8-24/h1-6,11H,7-10H2,(H,23,25). The Balaban J connectivity index is 1.65. The van der Waals surface area contributed by atoms with Crippen molar-refractivity contribution in [2.24, 2.45) is 0 Å². The number of alkyl halides is 3. The summed E-state index contributed by atoms with van der Waals surface area (Å²) in [6.45, 7) is 2.99. The molecule has 5 nitrogen and oxygen atoms in total. The van der Waals surface area contributed by atoms with Crippen molar-refractivity contribution in [3.8, 4) is 5.75 Å². The molecule has 0 radical (unpaired) electrons. The van der Waals surface area contributed by atoms with Crippen molar-refractivity contribution in [1.82, 2.24) is 0 Å². The van der Waals surface area contributed by atoms with Crippen LogP contribution in [0.4, 0.5) is 24.5 Å². The molecule has 2 aromatic carbocycles. The monoisotopic (exact) mass is 444 g/mol. The fourth-order valence-electron chi connectivity index (χ4n) is 2.63. The Labute approximate surface area is 162 Å². The van der Waals surface area contributed by atoms with Crippen LogP contribution in [0.25, 0.3) is 0 Å². The van der Waals surface area contributed by atoms with E-state index >= 15 is 0 Å². The first-order chi connectivity index (χ1) is 12.8. The largest absolute Gasteiger partial charge is 0.573 e. The zero-order valence-corrected chi connectivity index (χ0v) is 15.6. The van der Waals surface area contributed by atoms with Gasteiger partial charge in [0, 0.05) is 30.0 Å². The summed E-state index contributed by atoms with van der Waals surface area (Å²) in [5.41, 5.74) is 1.82. The highest BCUT2D eigenvalue weighted by atomic mass is 79.9. The Morgan fingerprint density at radius 2 is 1.78 bits per heavy atom. The molecule has 1 aliphatic rings. The van der Waals surface area contributed by atoms with E-state index in [4.69, 9.17) is 4.74 Å². The second-order valence-corrected chi connectivity index (χ2v) is 6.65. The van der Waals surface area contributed by atoms with Crippen molar-refractivity contribution in [1.29, 1.82) is 0 Å². The van der Waals surface area contributed by atoms with Gasteiger partial charge in [0.25, 0.3) is 5.91 Å². The van der Waals surface area contributed by atoms with Crippen molar-refractivity contribution >= 4 is 33.2 Å². The number of anilines is 2. The van der Waals surface area contributed by atoms with Gasteiger partial charge in [-0.25, -0.2) is 0 Å². The number of halogens is 4. The molecule has 3 rings (SSSR count). The summed E-state index contributed by atoms with van der Waals surface area (Å²) in [5, 5.41) is 2.72. The number of benzene rings is 2. The van der Waals surface area contributed by atoms with Crippen LogP contribution >= 0.6 is 15.9 Å². The SMILES string of the molecule is O=C(Nc1ccc(N2CCOCC2)cc1)c1ccc(OC(F)(F)F)c(Br)c1. The first-order valence-electron chi connectivity index (χ1n) is 8.11. The highest BCUT2D eigenvalue weighted by Gasteiger charge is 2.32. The lowest BCUT2D eigenvalue weighted by Gasteiger charge is -2.28. The zero-order chi connectivity index (χ0) is 19.4. The molecular formula is C18H16BrF3N2O3. The topological polar surface area (TPSA) is 50.8 Å². The number of carbonyl (C=O) groups is 1. The summed E-state index contributed by atoms with van der Waals surface area (Å²) in [4.78, 5) is 14.5. The maximum Gasteiger partial charge on any atom is 0.573 e. The number of carbonyl (C=O) groups excluding carboxylic acids is 1. The van der Waals surface area contributed by atoms with Crippen LogP contribution in [-0.2, 0) is 4.74 Å². The molecule has 0 spiro atoms. The summed E-state index contributed by atoms with van der Waals surface area (Å²) in [7, 11) is 0. The van der Waals surface area contributed by atoms with Crippen LogP contribution in [0.1, 0.15) is 10.4 Å². The first-order valence-corrected chi connectivity index (χ1v) is 8.90. The Bertz CT molecular complexity index is 806. The van der Waals surface area contributed by atoms with E-state index in [1.807, 2.05) is 12.1 Å². The summed E-state index contributed by atoms with van der Waals surface area (Å²) in [6.07, 6.45) is -4.80. The molecule has 2 aromatic rings. The van der Waals surface area contributed by atoms with E-state index in [0.29, 0.717) is 18.9 Å². The lowest BCUT2D eigenvalue weighted by atomic mass is 10.2. The number of morpholine rings is 1. The lowest BCUT2D eigenvalue weighted by molar-refractivity contribution is -0.274. The highest BCUT2D eigenvalue weighted by molar-refractivity contribution is 9.10. The van der Waals surface area contributed by atoms with E-state index < -0.39 is 18.0 Å². The number of hydrogen-bond donors (Lipinski definition) is 1. The molecule has 1 N–H and O–H groups in total. The van der Waals surface area contributed by atoms with Gasteiger partial charge in [-0.05, 0) is 58.4 Å². The molecule has 0 aliphatic carbocycles. The third kappa shape index (κ3) is 5.36. The molecule has 1 heterocycles. The Hall–Kier alpha value is -2.26. The van der Waals surface area contributed by atoms with Crippen LogP contribution in [0.5, 0.6) is 5.75 Å². The molecule has 0 unspecified atom stereocenters. The normalized spacial score (nSPS) is 14.7. The number of hydrogen-bond acceptors (Lipinski definition) is 4. The van der Waals surface area contributed by atoms with Gasteiger partial charge in [-0.15, -0.1) is 13.2 Å². The molecular weight excluding hydrogens is 429 g/mol. The van der Waals surface area contributed by atoms with E-state index in [2.05, 4.69) is 30.9 Å². The summed E-state index contributed by atoms with van der Waals surface area (Å²) in [5.74, 6) is -0.845. The predicted octanol–water partition coefficient (Wildman–Crippen LogP) is 4.44. The lowest BCUT2D eigenvalue weighted by Crippen LogP contribution is -2.36. The van der Waals surface area contributed by atoms with Gasteiger partial charge in [0.1, 0.15) is 5.75 Å². The molecule has 0 saturated carbocycles. The van der Waals surface area contributed by atoms with Gasteiger partial charge in [-0.1, -0.05) is 0 Å². The Morgan fingerprint density at radius 3 is 2.37 bits per heavy atom. The smallest absolute Gasteiger partial charge is 0.405 e. The van der Waals surface area contributed by atoms with Crippen molar-refractivity contribution in [3.05, 3.63) is 52.5 Å². The number of amides is 1. The van der Waals surface area contributed by atoms with Crippen LogP contribution in [-0.4, -0.2) is 38.6 Å². The number of nitrogens with zero attached hydrogens (tertiary/aromatic N) is 1. The van der Waals surface area contributed by atoms with Crippen molar-refractivity contribution in [3.63, 3.8) is 0 Å². The molecule has 0 bridgehead atoms. The van der Waals surface area contributed by atoms with Crippen molar-refractivity contribution in [2.75, 3.05) is 36.5 Å². The van der Waals surface area contributed by atoms with Gasteiger partial charge in [0.15, 0.2) is 0 Å². The van der Waals surface area contributed by atoms with Gasteiger partial charge in [0.2, 0.25) is 0 Å². The Kier molecular flexibility index (Phi) is 5.91. The minimum atomic E-state index is -4.80. The van der Waals surface area contributed by atoms with Crippen LogP contribution in [0.3, 0.4) is 0 Å². The minimum Gasteiger partial charge on any atom is -0.405 e. The maximum absolute atomic E-state index is 12.3. The molecule has 0 aromatic heterocycles. The zero-order valence-electron chi connectivity index (χ0n) is 14.1. The molecule has 27 heavy (non-hydrogen) atoms. The average molecular weight is 445 g/mol. The number of ether oxygens (including phenoxy) is 2. The predicted molar refractivity (Wildman–Crippen MR) is 98.3 cm³/mol. The van der Waals surface area contributed by atoms with Crippen molar-refractivity contribution < 1.29 is 27.4 Å². The average Bonchev–Trinajstić information content (AvgIpc) is 2.63. The van der Waals surface area contributed by atoms with Gasteiger partial charge in [0.05, 0.1) is 17.7 Å². The summed E-state index contributed by atoms with van der Waals surface area (Å²) in [6, 6.07) is 11.0. The van der Waals surface area contributed by atoms with E-state index in [0.717, 1.165) is 24.8 Å². The van der Waals surface area contributed by atoms with Crippen LogP contribution in [0.2, 0.25) is 0 Å². The molecule has 1 fully saturated rings. The van der Waals surface area contributed by atoms with Gasteiger partial charge >= 0.3 is 6.36 Å². The summed E-state index contributed by atoms with van der Waals surface area (Å²) < 4.78 is 46.1. The van der Waals surface area contributed by atoms with E-state index in [1.54, 1.807) is 12.1 Å². The quantitative estimate of drug-likeness (QED) is 0.757. The molecule has 0 atom stereocenters. The van der Waals surface area contributed by atoms with Crippen molar-refractivity contribution in [2.45, 2.75) is 6.36 Å². The van der Waals surface area contributed by atoms with Gasteiger partial charge in [-0.3, -0.25) is 4.79 Å². The molecule has 1 aliphatic heterocycles. The second-order valence-electron chi connectivity index (χ2n) is 5.79. The molecule has 144 valence electrons. The summed E-state index contributed by atoms with van der Waals surface area (Å²) >= 11 is 2.99. The molecule has 9 heteroatoms. The fourth-order valence-corrected chi connectivity index (χ4v) is 3.09. The molecule has 1 amide bonds. The third-order valence-corrected chi connectivity index (χ3v) is 4.54. The number of rotatable bonds is 4. The molecule has 1 saturated heterocycles. The highest BCUT2D eigenvalue weighted by Crippen LogP contribution is 2.31. The van der Waals surface area contributed by atoms with Crippen LogP contribution in [0.15, 0.2) is 46.9 Å². The first kappa shape index (κ1) is 19.5. The van der Waals surface area contributed by atoms with Crippen LogP contribution < -0.4 is 15.0 Å². The van der Waals surface area contributed by atoms with E-state index in [9.17, 15) is 18.0 Å². The van der Waals surface area contributed by atoms with E-state index in [1.165, 1.54) is 12.1 Å². The van der Waals surface area contributed by atoms with Gasteiger partial charge in [-0.2, -0.15) is 0 Å². The van der Waals surface area contributed by atoms with E-state index in [-0.39, 0.29) is 10.0 Å². The Morgan fingerprint density at radius 1 is 1.11 bits per heavy atom. The maximum atomic E-state index is 12.3. The number of nitrogens with one attached hydrogen (secondary N) is 1. The van der Waals surface area contributed by atoms with Gasteiger partial charge < -0.3 is 19.7 Å².